The van der Waals surface area contributed by atoms with Crippen LogP contribution in [0, 0.1) is 0 Å². The molecular formula is C17H16N2O3S. The molecule has 5 nitrogen and oxygen atoms in total. The second-order valence-corrected chi connectivity index (χ2v) is 6.84. The van der Waals surface area contributed by atoms with Gasteiger partial charge in [0.05, 0.1) is 10.4 Å². The number of para-hydroxylation sites is 1. The third-order valence-corrected chi connectivity index (χ3v) is 5.28. The molecule has 0 saturated carbocycles. The summed E-state index contributed by atoms with van der Waals surface area (Å²) in [5, 5.41) is 9.47. The number of hydroxylamine groups is 1. The van der Waals surface area contributed by atoms with Crippen LogP contribution in [0.3, 0.4) is 0 Å². The van der Waals surface area contributed by atoms with Gasteiger partial charge in [0.2, 0.25) is 0 Å². The molecular weight excluding hydrogens is 312 g/mol. The molecule has 0 bridgehead atoms. The minimum absolute atomic E-state index is 0.250. The fraction of sp³-hybridized carbons (Fsp3) is 0.0588. The van der Waals surface area contributed by atoms with Crippen molar-refractivity contribution in [2.75, 3.05) is 0 Å². The van der Waals surface area contributed by atoms with Crippen LogP contribution in [0.15, 0.2) is 78.0 Å². The van der Waals surface area contributed by atoms with E-state index >= 15 is 0 Å². The zero-order valence-corrected chi connectivity index (χ0v) is 13.1. The van der Waals surface area contributed by atoms with Gasteiger partial charge in [0, 0.05) is 17.8 Å². The van der Waals surface area contributed by atoms with E-state index in [1.807, 2.05) is 23.7 Å². The predicted molar refractivity (Wildman–Crippen MR) is 88.7 cm³/mol. The van der Waals surface area contributed by atoms with Crippen LogP contribution in [0.5, 0.6) is 0 Å². The number of nitrogens with one attached hydrogen (secondary N) is 1. The van der Waals surface area contributed by atoms with Gasteiger partial charge in [-0.3, -0.25) is 10.7 Å². The van der Waals surface area contributed by atoms with Crippen molar-refractivity contribution in [3.05, 3.63) is 78.6 Å². The monoisotopic (exact) mass is 328 g/mol. The van der Waals surface area contributed by atoms with Gasteiger partial charge in [-0.25, -0.2) is 12.4 Å². The summed E-state index contributed by atoms with van der Waals surface area (Å²) in [6.45, 7) is 0. The van der Waals surface area contributed by atoms with Crippen LogP contribution in [0.4, 0.5) is 0 Å². The SMILES string of the molecule is O=S(=O)(c1ccccc1)n1cc(CC=CNO)c2ccccc21. The van der Waals surface area contributed by atoms with Gasteiger partial charge in [0.15, 0.2) is 0 Å². The van der Waals surface area contributed by atoms with Crippen molar-refractivity contribution < 1.29 is 13.6 Å². The molecule has 3 aromatic rings. The average molecular weight is 328 g/mol. The highest BCUT2D eigenvalue weighted by molar-refractivity contribution is 7.90. The molecule has 2 aromatic carbocycles. The summed E-state index contributed by atoms with van der Waals surface area (Å²) in [7, 11) is -3.65. The molecule has 0 spiro atoms. The maximum atomic E-state index is 12.9. The predicted octanol–water partition coefficient (Wildman–Crippen LogP) is 2.91. The Kier molecular flexibility index (Phi) is 4.18. The van der Waals surface area contributed by atoms with Gasteiger partial charge in [0.25, 0.3) is 10.0 Å². The van der Waals surface area contributed by atoms with E-state index in [4.69, 9.17) is 5.21 Å². The van der Waals surface area contributed by atoms with Crippen molar-refractivity contribution >= 4 is 20.9 Å². The fourth-order valence-electron chi connectivity index (χ4n) is 2.52. The molecule has 0 aliphatic heterocycles. The molecule has 1 heterocycles. The summed E-state index contributed by atoms with van der Waals surface area (Å²) in [5.41, 5.74) is 3.45. The zero-order chi connectivity index (χ0) is 16.3. The lowest BCUT2D eigenvalue weighted by molar-refractivity contribution is 0.214. The molecule has 0 atom stereocenters. The lowest BCUT2D eigenvalue weighted by atomic mass is 10.1. The molecule has 0 amide bonds. The number of rotatable bonds is 5. The number of nitrogens with zero attached hydrogens (tertiary/aromatic N) is 1. The summed E-state index contributed by atoms with van der Waals surface area (Å²) in [6.07, 6.45) is 5.26. The Morgan fingerprint density at radius 1 is 1.04 bits per heavy atom. The molecule has 2 N–H and O–H groups in total. The van der Waals surface area contributed by atoms with Crippen molar-refractivity contribution in [2.45, 2.75) is 11.3 Å². The summed E-state index contributed by atoms with van der Waals surface area (Å²) in [5.74, 6) is 0. The molecule has 0 aliphatic carbocycles. The maximum absolute atomic E-state index is 12.9. The smallest absolute Gasteiger partial charge is 0.268 e. The van der Waals surface area contributed by atoms with Crippen LogP contribution in [0.2, 0.25) is 0 Å². The van der Waals surface area contributed by atoms with Gasteiger partial charge in [-0.1, -0.05) is 42.5 Å². The summed E-state index contributed by atoms with van der Waals surface area (Å²) in [4.78, 5) is 0.250. The minimum Gasteiger partial charge on any atom is -0.292 e. The number of benzene rings is 2. The van der Waals surface area contributed by atoms with E-state index in [0.717, 1.165) is 10.9 Å². The lowest BCUT2D eigenvalue weighted by Gasteiger charge is -2.07. The van der Waals surface area contributed by atoms with Crippen LogP contribution in [0.25, 0.3) is 10.9 Å². The van der Waals surface area contributed by atoms with E-state index in [0.29, 0.717) is 11.9 Å². The van der Waals surface area contributed by atoms with Crippen molar-refractivity contribution in [1.29, 1.82) is 0 Å². The lowest BCUT2D eigenvalue weighted by Crippen LogP contribution is -2.11. The zero-order valence-electron chi connectivity index (χ0n) is 12.3. The Balaban J connectivity index is 2.17. The van der Waals surface area contributed by atoms with E-state index in [1.165, 1.54) is 10.2 Å². The first-order chi connectivity index (χ1) is 11.1. The summed E-state index contributed by atoms with van der Waals surface area (Å²) < 4.78 is 27.1. The molecule has 6 heteroatoms. The second kappa shape index (κ2) is 6.28. The minimum atomic E-state index is -3.65. The molecule has 0 saturated heterocycles. The number of aromatic nitrogens is 1. The van der Waals surface area contributed by atoms with E-state index in [9.17, 15) is 8.42 Å². The van der Waals surface area contributed by atoms with Crippen LogP contribution in [-0.2, 0) is 16.4 Å². The highest BCUT2D eigenvalue weighted by Crippen LogP contribution is 2.26. The fourth-order valence-corrected chi connectivity index (χ4v) is 3.94. The topological polar surface area (TPSA) is 71.3 Å². The van der Waals surface area contributed by atoms with Gasteiger partial charge in [-0.15, -0.1) is 0 Å². The third-order valence-electron chi connectivity index (χ3n) is 3.59. The Labute approximate surface area is 134 Å². The standard InChI is InChI=1S/C17H16N2O3S/c20-18-12-6-7-14-13-19(17-11-5-4-10-16(14)17)23(21,22)15-8-2-1-3-9-15/h1-6,8-13,18,20H,7H2. The number of allylic oxidation sites excluding steroid dienone is 1. The largest absolute Gasteiger partial charge is 0.292 e. The van der Waals surface area contributed by atoms with Gasteiger partial charge < -0.3 is 0 Å². The first-order valence-electron chi connectivity index (χ1n) is 7.09. The number of fused-ring (bicyclic) bond motifs is 1. The van der Waals surface area contributed by atoms with Crippen LogP contribution in [-0.4, -0.2) is 17.6 Å². The number of hydrogen-bond acceptors (Lipinski definition) is 4. The van der Waals surface area contributed by atoms with Crippen molar-refractivity contribution in [3.8, 4) is 0 Å². The third kappa shape index (κ3) is 2.86. The average Bonchev–Trinajstić information content (AvgIpc) is 2.96. The molecule has 1 aromatic heterocycles. The molecule has 0 fully saturated rings. The van der Waals surface area contributed by atoms with Crippen LogP contribution in [0.1, 0.15) is 5.56 Å². The summed E-state index contributed by atoms with van der Waals surface area (Å²) >= 11 is 0. The van der Waals surface area contributed by atoms with Gasteiger partial charge in [-0.05, 0) is 30.2 Å². The maximum Gasteiger partial charge on any atom is 0.268 e. The second-order valence-electron chi connectivity index (χ2n) is 5.02. The normalized spacial score (nSPS) is 12.0. The molecule has 3 rings (SSSR count). The highest BCUT2D eigenvalue weighted by Gasteiger charge is 2.20. The van der Waals surface area contributed by atoms with Gasteiger partial charge in [0.1, 0.15) is 0 Å². The Hall–Kier alpha value is -2.57. The molecule has 0 aliphatic rings. The number of hydrogen-bond donors (Lipinski definition) is 2. The van der Waals surface area contributed by atoms with Gasteiger partial charge >= 0.3 is 0 Å². The van der Waals surface area contributed by atoms with Crippen molar-refractivity contribution in [3.63, 3.8) is 0 Å². The van der Waals surface area contributed by atoms with Crippen LogP contribution >= 0.6 is 0 Å². The molecule has 0 unspecified atom stereocenters. The Bertz CT molecular complexity index is 944. The van der Waals surface area contributed by atoms with E-state index in [1.54, 1.807) is 48.7 Å². The highest BCUT2D eigenvalue weighted by atomic mass is 32.2. The van der Waals surface area contributed by atoms with Gasteiger partial charge in [-0.2, -0.15) is 0 Å². The quantitative estimate of drug-likeness (QED) is 0.707. The molecule has 118 valence electrons. The summed E-state index contributed by atoms with van der Waals surface area (Å²) in [6, 6.07) is 15.7. The van der Waals surface area contributed by atoms with Crippen LogP contribution < -0.4 is 5.48 Å². The molecule has 0 radical (unpaired) electrons. The Morgan fingerprint density at radius 2 is 1.74 bits per heavy atom. The first kappa shape index (κ1) is 15.3. The first-order valence-corrected chi connectivity index (χ1v) is 8.53. The van der Waals surface area contributed by atoms with Crippen molar-refractivity contribution in [1.82, 2.24) is 9.45 Å². The molecule has 23 heavy (non-hydrogen) atoms. The van der Waals surface area contributed by atoms with E-state index < -0.39 is 10.0 Å². The van der Waals surface area contributed by atoms with E-state index in [2.05, 4.69) is 0 Å². The van der Waals surface area contributed by atoms with E-state index in [-0.39, 0.29) is 4.90 Å². The Morgan fingerprint density at radius 3 is 2.48 bits per heavy atom. The van der Waals surface area contributed by atoms with Crippen molar-refractivity contribution in [2.24, 2.45) is 0 Å².